The molecule has 0 unspecified atom stereocenters. The van der Waals surface area contributed by atoms with Crippen LogP contribution < -0.4 is 10.1 Å². The number of carbonyl (C=O) groups excluding carboxylic acids is 3. The van der Waals surface area contributed by atoms with Gasteiger partial charge in [-0.1, -0.05) is 0 Å². The zero-order valence-electron chi connectivity index (χ0n) is 16.1. The highest BCUT2D eigenvalue weighted by Crippen LogP contribution is 2.12. The van der Waals surface area contributed by atoms with E-state index in [9.17, 15) is 14.4 Å². The summed E-state index contributed by atoms with van der Waals surface area (Å²) < 4.78 is 14.7. The Bertz CT molecular complexity index is 811. The highest BCUT2D eigenvalue weighted by Gasteiger charge is 2.13. The van der Waals surface area contributed by atoms with Crippen LogP contribution in [0.15, 0.2) is 34.9 Å². The molecule has 0 aliphatic rings. The Balaban J connectivity index is 1.76. The van der Waals surface area contributed by atoms with Crippen LogP contribution in [0.25, 0.3) is 0 Å². The molecule has 0 aliphatic carbocycles. The average molecular weight is 389 g/mol. The number of aromatic nitrogens is 1. The second-order valence-electron chi connectivity index (χ2n) is 5.83. The fourth-order valence-corrected chi connectivity index (χ4v) is 2.32. The molecular formula is C19H23N3O6. The van der Waals surface area contributed by atoms with Gasteiger partial charge in [-0.05, 0) is 50.2 Å². The van der Waals surface area contributed by atoms with Gasteiger partial charge in [-0.25, -0.2) is 4.79 Å². The first-order valence-electron chi connectivity index (χ1n) is 8.83. The number of anilines is 1. The molecule has 0 radical (unpaired) electrons. The number of amides is 2. The maximum Gasteiger partial charge on any atom is 0.344 e. The van der Waals surface area contributed by atoms with Gasteiger partial charge < -0.3 is 24.2 Å². The molecule has 0 saturated heterocycles. The van der Waals surface area contributed by atoms with E-state index in [1.807, 2.05) is 13.8 Å². The molecule has 28 heavy (non-hydrogen) atoms. The molecule has 1 aromatic heterocycles. The number of hydrogen-bond acceptors (Lipinski definition) is 7. The highest BCUT2D eigenvalue weighted by atomic mass is 16.6. The van der Waals surface area contributed by atoms with E-state index >= 15 is 0 Å². The van der Waals surface area contributed by atoms with Crippen LogP contribution in [0.3, 0.4) is 0 Å². The fraction of sp³-hybridized carbons (Fsp3) is 0.368. The number of rotatable bonds is 9. The Kier molecular flexibility index (Phi) is 7.55. The maximum absolute atomic E-state index is 12.2. The maximum atomic E-state index is 12.2. The molecule has 0 aliphatic heterocycles. The molecule has 2 aromatic rings. The van der Waals surface area contributed by atoms with Gasteiger partial charge in [-0.15, -0.1) is 0 Å². The molecule has 1 heterocycles. The third-order valence-electron chi connectivity index (χ3n) is 3.77. The van der Waals surface area contributed by atoms with Gasteiger partial charge in [0.2, 0.25) is 0 Å². The Labute approximate surface area is 162 Å². The van der Waals surface area contributed by atoms with Crippen molar-refractivity contribution in [1.29, 1.82) is 0 Å². The molecule has 9 heteroatoms. The van der Waals surface area contributed by atoms with Crippen molar-refractivity contribution in [1.82, 2.24) is 10.1 Å². The van der Waals surface area contributed by atoms with Crippen LogP contribution in [-0.4, -0.2) is 54.1 Å². The molecule has 0 spiro atoms. The molecule has 0 fully saturated rings. The number of aryl methyl sites for hydroxylation is 1. The second kappa shape index (κ2) is 10.1. The van der Waals surface area contributed by atoms with E-state index in [1.165, 1.54) is 6.07 Å². The number of nitrogens with one attached hydrogen (secondary N) is 1. The molecule has 2 rings (SSSR count). The SMILES string of the molecule is CCN(CC)C(=O)c1ccc(NC(=O)COC(=O)COc2cc(C)on2)cc1. The van der Waals surface area contributed by atoms with Gasteiger partial charge >= 0.3 is 5.97 Å². The van der Waals surface area contributed by atoms with Crippen LogP contribution >= 0.6 is 0 Å². The topological polar surface area (TPSA) is 111 Å². The van der Waals surface area contributed by atoms with Crippen LogP contribution in [0.5, 0.6) is 5.88 Å². The number of esters is 1. The summed E-state index contributed by atoms with van der Waals surface area (Å²) in [6.07, 6.45) is 0. The van der Waals surface area contributed by atoms with Crippen LogP contribution in [0.4, 0.5) is 5.69 Å². The minimum Gasteiger partial charge on any atom is -0.463 e. The fourth-order valence-electron chi connectivity index (χ4n) is 2.32. The smallest absolute Gasteiger partial charge is 0.344 e. The van der Waals surface area contributed by atoms with Crippen molar-refractivity contribution in [2.75, 3.05) is 31.6 Å². The third kappa shape index (κ3) is 6.11. The standard InChI is InChI=1S/C19H23N3O6/c1-4-22(5-2)19(25)14-6-8-15(9-7-14)20-16(23)11-27-18(24)12-26-17-10-13(3)28-21-17/h6-10H,4-5,11-12H2,1-3H3,(H,20,23). The Morgan fingerprint density at radius 3 is 2.36 bits per heavy atom. The zero-order valence-corrected chi connectivity index (χ0v) is 16.1. The van der Waals surface area contributed by atoms with Gasteiger partial charge in [0.1, 0.15) is 5.76 Å². The minimum atomic E-state index is -0.712. The summed E-state index contributed by atoms with van der Waals surface area (Å²) in [5, 5.41) is 6.16. The summed E-state index contributed by atoms with van der Waals surface area (Å²) in [7, 11) is 0. The van der Waals surface area contributed by atoms with Gasteiger partial charge in [0.05, 0.1) is 0 Å². The van der Waals surface area contributed by atoms with Crippen molar-refractivity contribution in [3.63, 3.8) is 0 Å². The molecule has 0 bridgehead atoms. The van der Waals surface area contributed by atoms with E-state index < -0.39 is 18.5 Å². The van der Waals surface area contributed by atoms with Gasteiger partial charge in [0.25, 0.3) is 17.7 Å². The molecule has 2 amide bonds. The number of nitrogens with zero attached hydrogens (tertiary/aromatic N) is 2. The first-order valence-corrected chi connectivity index (χ1v) is 8.83. The molecule has 1 aromatic carbocycles. The Morgan fingerprint density at radius 2 is 1.79 bits per heavy atom. The minimum absolute atomic E-state index is 0.0703. The first kappa shape index (κ1) is 20.9. The molecular weight excluding hydrogens is 366 g/mol. The quantitative estimate of drug-likeness (QED) is 0.653. The molecule has 150 valence electrons. The molecule has 1 N–H and O–H groups in total. The van der Waals surface area contributed by atoms with Crippen LogP contribution in [0.1, 0.15) is 30.0 Å². The zero-order chi connectivity index (χ0) is 20.5. The van der Waals surface area contributed by atoms with Gasteiger partial charge in [0.15, 0.2) is 13.2 Å². The number of ether oxygens (including phenoxy) is 2. The summed E-state index contributed by atoms with van der Waals surface area (Å²) in [4.78, 5) is 37.4. The third-order valence-corrected chi connectivity index (χ3v) is 3.77. The lowest BCUT2D eigenvalue weighted by molar-refractivity contribution is -0.149. The Morgan fingerprint density at radius 1 is 1.11 bits per heavy atom. The van der Waals surface area contributed by atoms with Gasteiger partial charge in [-0.2, -0.15) is 0 Å². The molecule has 0 saturated carbocycles. The van der Waals surface area contributed by atoms with Gasteiger partial charge in [-0.3, -0.25) is 9.59 Å². The van der Waals surface area contributed by atoms with Gasteiger partial charge in [0, 0.05) is 30.4 Å². The number of hydrogen-bond donors (Lipinski definition) is 1. The lowest BCUT2D eigenvalue weighted by Gasteiger charge is -2.18. The van der Waals surface area contributed by atoms with E-state index in [0.717, 1.165) is 0 Å². The van der Waals surface area contributed by atoms with E-state index in [0.29, 0.717) is 30.1 Å². The Hall–Kier alpha value is -3.36. The van der Waals surface area contributed by atoms with E-state index in [2.05, 4.69) is 10.5 Å². The summed E-state index contributed by atoms with van der Waals surface area (Å²) >= 11 is 0. The summed E-state index contributed by atoms with van der Waals surface area (Å²) in [6.45, 7) is 5.92. The number of benzene rings is 1. The van der Waals surface area contributed by atoms with Crippen molar-refractivity contribution < 1.29 is 28.4 Å². The summed E-state index contributed by atoms with van der Waals surface area (Å²) in [6, 6.07) is 8.03. The van der Waals surface area contributed by atoms with Crippen molar-refractivity contribution in [2.24, 2.45) is 0 Å². The van der Waals surface area contributed by atoms with E-state index in [1.54, 1.807) is 36.1 Å². The van der Waals surface area contributed by atoms with Crippen molar-refractivity contribution in [2.45, 2.75) is 20.8 Å². The summed E-state index contributed by atoms with van der Waals surface area (Å²) in [5.41, 5.74) is 1.03. The van der Waals surface area contributed by atoms with Crippen molar-refractivity contribution in [3.05, 3.63) is 41.7 Å². The predicted molar refractivity (Wildman–Crippen MR) is 100 cm³/mol. The van der Waals surface area contributed by atoms with E-state index in [4.69, 9.17) is 14.0 Å². The lowest BCUT2D eigenvalue weighted by Crippen LogP contribution is -2.30. The molecule has 0 atom stereocenters. The summed E-state index contributed by atoms with van der Waals surface area (Å²) in [5.74, 6) is -0.575. The highest BCUT2D eigenvalue weighted by molar-refractivity contribution is 5.96. The van der Waals surface area contributed by atoms with Crippen LogP contribution in [-0.2, 0) is 14.3 Å². The average Bonchev–Trinajstić information content (AvgIpc) is 3.11. The van der Waals surface area contributed by atoms with Crippen LogP contribution in [0, 0.1) is 6.92 Å². The van der Waals surface area contributed by atoms with Crippen molar-refractivity contribution >= 4 is 23.5 Å². The monoisotopic (exact) mass is 389 g/mol. The largest absolute Gasteiger partial charge is 0.463 e. The molecule has 9 nitrogen and oxygen atoms in total. The normalized spacial score (nSPS) is 10.2. The van der Waals surface area contributed by atoms with Crippen LogP contribution in [0.2, 0.25) is 0 Å². The predicted octanol–water partition coefficient (Wildman–Crippen LogP) is 2.03. The number of carbonyl (C=O) groups is 3. The van der Waals surface area contributed by atoms with E-state index in [-0.39, 0.29) is 18.4 Å². The van der Waals surface area contributed by atoms with Crippen molar-refractivity contribution in [3.8, 4) is 5.88 Å². The first-order chi connectivity index (χ1) is 13.4. The lowest BCUT2D eigenvalue weighted by atomic mass is 10.2. The second-order valence-corrected chi connectivity index (χ2v) is 5.83.